The molecule has 15 heavy (non-hydrogen) atoms. The van der Waals surface area contributed by atoms with Crippen molar-refractivity contribution in [2.24, 2.45) is 0 Å². The van der Waals surface area contributed by atoms with E-state index in [2.05, 4.69) is 10.6 Å². The Labute approximate surface area is 92.5 Å². The van der Waals surface area contributed by atoms with Crippen molar-refractivity contribution in [1.29, 1.82) is 0 Å². The molecule has 0 bridgehead atoms. The molecule has 1 aromatic carbocycles. The Morgan fingerprint density at radius 3 is 2.93 bits per heavy atom. The largest absolute Gasteiger partial charge is 0.337 e. The molecule has 1 aliphatic rings. The smallest absolute Gasteiger partial charge is 0.152 e. The maximum atomic E-state index is 11.4. The summed E-state index contributed by atoms with van der Waals surface area (Å²) in [7, 11) is 0. The van der Waals surface area contributed by atoms with Crippen LogP contribution < -0.4 is 0 Å². The van der Waals surface area contributed by atoms with Gasteiger partial charge in [-0.3, -0.25) is 4.79 Å². The maximum Gasteiger partial charge on any atom is 0.152 e. The van der Waals surface area contributed by atoms with Crippen molar-refractivity contribution in [3.05, 3.63) is 35.0 Å². The fourth-order valence-corrected chi connectivity index (χ4v) is 2.40. The van der Waals surface area contributed by atoms with E-state index in [1.165, 1.54) is 5.69 Å². The third-order valence-electron chi connectivity index (χ3n) is 2.94. The number of benzene rings is 1. The van der Waals surface area contributed by atoms with E-state index in [-0.39, 0.29) is 0 Å². The van der Waals surface area contributed by atoms with Crippen LogP contribution in [0.15, 0.2) is 24.3 Å². The normalized spacial score (nSPS) is 15.7. The molecule has 3 heteroatoms. The van der Waals surface area contributed by atoms with Crippen molar-refractivity contribution in [1.82, 2.24) is 4.57 Å². The van der Waals surface area contributed by atoms with Gasteiger partial charge in [0.25, 0.3) is 0 Å². The van der Waals surface area contributed by atoms with Gasteiger partial charge < -0.3 is 4.57 Å². The summed E-state index contributed by atoms with van der Waals surface area (Å²) in [6.07, 6.45) is 1.52. The highest BCUT2D eigenvalue weighted by atomic mass is 35.5. The average molecular weight is 220 g/mol. The molecule has 1 aliphatic heterocycles. The van der Waals surface area contributed by atoms with Crippen LogP contribution in [0.3, 0.4) is 0 Å². The third kappa shape index (κ3) is 1.37. The van der Waals surface area contributed by atoms with Crippen LogP contribution in [0.1, 0.15) is 12.1 Å². The molecule has 0 saturated carbocycles. The number of carbonyl (C=O) groups excluding carboxylic acids is 1. The first-order valence-corrected chi connectivity index (χ1v) is 5.41. The van der Waals surface area contributed by atoms with Gasteiger partial charge in [0.15, 0.2) is 5.78 Å². The first-order valence-electron chi connectivity index (χ1n) is 5.03. The van der Waals surface area contributed by atoms with Gasteiger partial charge in [-0.2, -0.15) is 0 Å². The first kappa shape index (κ1) is 8.98. The number of hydrogen-bond acceptors (Lipinski definition) is 1. The number of Topliss-reactive ketones (excluding diaryl/α,β-unsaturated/α-hetero) is 1. The molecular weight excluding hydrogens is 210 g/mol. The van der Waals surface area contributed by atoms with Crippen LogP contribution in [0.25, 0.3) is 10.9 Å². The van der Waals surface area contributed by atoms with Gasteiger partial charge in [0.05, 0.1) is 6.54 Å². The standard InChI is InChI=1S/C12H10ClNO/c13-9-1-4-12-8(5-9)6-10-2-3-11(15)7-14(10)12/h1,4-6H,2-3,7H2. The van der Waals surface area contributed by atoms with Crippen LogP contribution in [-0.4, -0.2) is 10.4 Å². The summed E-state index contributed by atoms with van der Waals surface area (Å²) in [5, 5.41) is 1.88. The van der Waals surface area contributed by atoms with Gasteiger partial charge in [0, 0.05) is 28.0 Å². The number of aromatic nitrogens is 1. The highest BCUT2D eigenvalue weighted by molar-refractivity contribution is 6.31. The number of fused-ring (bicyclic) bond motifs is 3. The summed E-state index contributed by atoms with van der Waals surface area (Å²) in [5.41, 5.74) is 2.36. The van der Waals surface area contributed by atoms with Crippen LogP contribution in [0, 0.1) is 0 Å². The molecule has 2 nitrogen and oxygen atoms in total. The number of aryl methyl sites for hydroxylation is 1. The van der Waals surface area contributed by atoms with Crippen LogP contribution in [0.2, 0.25) is 5.02 Å². The van der Waals surface area contributed by atoms with Gasteiger partial charge in [0.1, 0.15) is 0 Å². The summed E-state index contributed by atoms with van der Waals surface area (Å²) >= 11 is 5.93. The van der Waals surface area contributed by atoms with Crippen molar-refractivity contribution in [2.75, 3.05) is 0 Å². The molecule has 0 spiro atoms. The molecule has 1 aromatic heterocycles. The number of carbonyl (C=O) groups is 1. The lowest BCUT2D eigenvalue weighted by molar-refractivity contribution is -0.120. The number of ketones is 1. The van der Waals surface area contributed by atoms with Gasteiger partial charge in [0.2, 0.25) is 0 Å². The Morgan fingerprint density at radius 1 is 1.20 bits per heavy atom. The summed E-state index contributed by atoms with van der Waals surface area (Å²) in [4.78, 5) is 11.4. The van der Waals surface area contributed by atoms with E-state index in [0.717, 1.165) is 22.3 Å². The minimum Gasteiger partial charge on any atom is -0.337 e. The summed E-state index contributed by atoms with van der Waals surface area (Å²) in [6.45, 7) is 0.514. The zero-order valence-electron chi connectivity index (χ0n) is 8.16. The second-order valence-electron chi connectivity index (χ2n) is 3.96. The average Bonchev–Trinajstić information content (AvgIpc) is 2.54. The molecule has 3 rings (SSSR count). The second kappa shape index (κ2) is 3.11. The fraction of sp³-hybridized carbons (Fsp3) is 0.250. The Hall–Kier alpha value is -1.28. The SMILES string of the molecule is O=C1CCc2cc3cc(Cl)ccc3n2C1. The lowest BCUT2D eigenvalue weighted by Gasteiger charge is -2.14. The first-order chi connectivity index (χ1) is 7.24. The van der Waals surface area contributed by atoms with Crippen LogP contribution >= 0.6 is 11.6 Å². The van der Waals surface area contributed by atoms with E-state index in [9.17, 15) is 4.79 Å². The Balaban J connectivity index is 2.28. The topological polar surface area (TPSA) is 22.0 Å². The number of rotatable bonds is 0. The summed E-state index contributed by atoms with van der Waals surface area (Å²) in [5.74, 6) is 0.315. The Kier molecular flexibility index (Phi) is 1.86. The lowest BCUT2D eigenvalue weighted by Crippen LogP contribution is -2.18. The second-order valence-corrected chi connectivity index (χ2v) is 4.40. The van der Waals surface area contributed by atoms with E-state index in [1.807, 2.05) is 18.2 Å². The Bertz CT molecular complexity index is 556. The van der Waals surface area contributed by atoms with Gasteiger partial charge in [-0.05, 0) is 30.7 Å². The predicted molar refractivity (Wildman–Crippen MR) is 60.3 cm³/mol. The van der Waals surface area contributed by atoms with E-state index in [1.54, 1.807) is 0 Å². The highest BCUT2D eigenvalue weighted by Crippen LogP contribution is 2.26. The summed E-state index contributed by atoms with van der Waals surface area (Å²) < 4.78 is 2.09. The van der Waals surface area contributed by atoms with Crippen LogP contribution in [0.5, 0.6) is 0 Å². The quantitative estimate of drug-likeness (QED) is 0.668. The van der Waals surface area contributed by atoms with Gasteiger partial charge in [-0.15, -0.1) is 0 Å². The van der Waals surface area contributed by atoms with E-state index < -0.39 is 0 Å². The van der Waals surface area contributed by atoms with Crippen molar-refractivity contribution in [2.45, 2.75) is 19.4 Å². The summed E-state index contributed by atoms with van der Waals surface area (Å²) in [6, 6.07) is 7.94. The third-order valence-corrected chi connectivity index (χ3v) is 3.18. The predicted octanol–water partition coefficient (Wildman–Crippen LogP) is 2.81. The van der Waals surface area contributed by atoms with Gasteiger partial charge >= 0.3 is 0 Å². The molecule has 0 amide bonds. The zero-order chi connectivity index (χ0) is 10.4. The number of halogens is 1. The van der Waals surface area contributed by atoms with Gasteiger partial charge in [-0.1, -0.05) is 11.6 Å². The molecule has 0 radical (unpaired) electrons. The van der Waals surface area contributed by atoms with Crippen molar-refractivity contribution in [3.63, 3.8) is 0 Å². The molecule has 2 heterocycles. The zero-order valence-corrected chi connectivity index (χ0v) is 8.92. The molecule has 0 saturated heterocycles. The lowest BCUT2D eigenvalue weighted by atomic mass is 10.1. The molecule has 0 aliphatic carbocycles. The van der Waals surface area contributed by atoms with Crippen LogP contribution in [-0.2, 0) is 17.8 Å². The van der Waals surface area contributed by atoms with Crippen molar-refractivity contribution >= 4 is 28.3 Å². The van der Waals surface area contributed by atoms with E-state index >= 15 is 0 Å². The molecule has 0 fully saturated rings. The fourth-order valence-electron chi connectivity index (χ4n) is 2.22. The number of nitrogens with zero attached hydrogens (tertiary/aromatic N) is 1. The van der Waals surface area contributed by atoms with Crippen LogP contribution in [0.4, 0.5) is 0 Å². The van der Waals surface area contributed by atoms with Gasteiger partial charge in [-0.25, -0.2) is 0 Å². The highest BCUT2D eigenvalue weighted by Gasteiger charge is 2.17. The van der Waals surface area contributed by atoms with Crippen molar-refractivity contribution in [3.8, 4) is 0 Å². The molecular formula is C12H10ClNO. The monoisotopic (exact) mass is 219 g/mol. The minimum atomic E-state index is 0.315. The number of hydrogen-bond donors (Lipinski definition) is 0. The molecule has 0 unspecified atom stereocenters. The van der Waals surface area contributed by atoms with E-state index in [0.29, 0.717) is 18.7 Å². The minimum absolute atomic E-state index is 0.315. The molecule has 0 N–H and O–H groups in total. The maximum absolute atomic E-state index is 11.4. The molecule has 2 aromatic rings. The van der Waals surface area contributed by atoms with Crippen molar-refractivity contribution < 1.29 is 4.79 Å². The molecule has 76 valence electrons. The Morgan fingerprint density at radius 2 is 2.07 bits per heavy atom. The molecule has 0 atom stereocenters. The van der Waals surface area contributed by atoms with E-state index in [4.69, 9.17) is 11.6 Å².